The largest absolute Gasteiger partial charge is 0.482 e. The molecule has 1 aromatic rings. The molecule has 0 saturated heterocycles. The van der Waals surface area contributed by atoms with Gasteiger partial charge in [-0.1, -0.05) is 12.6 Å². The van der Waals surface area contributed by atoms with E-state index in [1.807, 2.05) is 0 Å². The van der Waals surface area contributed by atoms with Crippen LogP contribution in [0.3, 0.4) is 0 Å². The highest BCUT2D eigenvalue weighted by Gasteiger charge is 2.30. The minimum Gasteiger partial charge on any atom is -0.482 e. The van der Waals surface area contributed by atoms with E-state index in [9.17, 15) is 22.8 Å². The third-order valence-electron chi connectivity index (χ3n) is 2.72. The molecule has 0 saturated carbocycles. The molecule has 0 bridgehead atoms. The molecule has 1 atom stereocenters. The van der Waals surface area contributed by atoms with E-state index in [2.05, 4.69) is 6.58 Å². The molecule has 0 aromatic heterocycles. The highest BCUT2D eigenvalue weighted by molar-refractivity contribution is 5.82. The molecule has 0 aliphatic heterocycles. The van der Waals surface area contributed by atoms with Gasteiger partial charge in [0, 0.05) is 0 Å². The number of hydrogen-bond acceptors (Lipinski definition) is 5. The smallest absolute Gasteiger partial charge is 0.416 e. The third kappa shape index (κ3) is 5.94. The van der Waals surface area contributed by atoms with E-state index in [-0.39, 0.29) is 17.9 Å². The summed E-state index contributed by atoms with van der Waals surface area (Å²) in [4.78, 5) is 23.3. The zero-order valence-electron chi connectivity index (χ0n) is 13.2. The molecule has 8 heteroatoms. The number of alkyl halides is 3. The molecule has 24 heavy (non-hydrogen) atoms. The first-order chi connectivity index (χ1) is 11.1. The fourth-order valence-electron chi connectivity index (χ4n) is 1.64. The summed E-state index contributed by atoms with van der Waals surface area (Å²) < 4.78 is 52.3. The Hall–Kier alpha value is -2.51. The van der Waals surface area contributed by atoms with Crippen molar-refractivity contribution < 1.29 is 37.0 Å². The van der Waals surface area contributed by atoms with Gasteiger partial charge in [-0.15, -0.1) is 0 Å². The van der Waals surface area contributed by atoms with E-state index in [1.54, 1.807) is 6.92 Å². The van der Waals surface area contributed by atoms with E-state index < -0.39 is 36.4 Å². The van der Waals surface area contributed by atoms with E-state index in [0.717, 1.165) is 18.2 Å². The van der Waals surface area contributed by atoms with Crippen molar-refractivity contribution >= 4 is 11.9 Å². The van der Waals surface area contributed by atoms with Crippen LogP contribution in [0.4, 0.5) is 13.2 Å². The first-order valence-electron chi connectivity index (χ1n) is 6.96. The van der Waals surface area contributed by atoms with Crippen molar-refractivity contribution in [3.05, 3.63) is 42.0 Å². The predicted octanol–water partition coefficient (Wildman–Crippen LogP) is 3.14. The maximum atomic E-state index is 12.6. The summed E-state index contributed by atoms with van der Waals surface area (Å²) in [5.74, 6) is -1.87. The van der Waals surface area contributed by atoms with Crippen molar-refractivity contribution in [3.8, 4) is 5.75 Å². The van der Waals surface area contributed by atoms with Crippen molar-refractivity contribution in [1.82, 2.24) is 0 Å². The molecule has 0 amide bonds. The molecule has 0 radical (unpaired) electrons. The van der Waals surface area contributed by atoms with Gasteiger partial charge in [0.2, 0.25) is 6.10 Å². The minimum absolute atomic E-state index is 0.0981. The first-order valence-corrected chi connectivity index (χ1v) is 6.96. The van der Waals surface area contributed by atoms with Crippen molar-refractivity contribution in [2.75, 3.05) is 13.2 Å². The third-order valence-corrected chi connectivity index (χ3v) is 2.72. The summed E-state index contributed by atoms with van der Waals surface area (Å²) in [5.41, 5.74) is -0.652. The van der Waals surface area contributed by atoms with Gasteiger partial charge in [0.15, 0.2) is 6.61 Å². The summed E-state index contributed by atoms with van der Waals surface area (Å²) in [5, 5.41) is 0. The molecular weight excluding hydrogens is 329 g/mol. The maximum Gasteiger partial charge on any atom is 0.416 e. The first kappa shape index (κ1) is 19.5. The second-order valence-corrected chi connectivity index (χ2v) is 4.78. The number of rotatable bonds is 7. The van der Waals surface area contributed by atoms with Crippen molar-refractivity contribution in [3.63, 3.8) is 0 Å². The van der Waals surface area contributed by atoms with E-state index in [0.29, 0.717) is 0 Å². The molecule has 132 valence electrons. The van der Waals surface area contributed by atoms with Crippen molar-refractivity contribution in [1.29, 1.82) is 0 Å². The summed E-state index contributed by atoms with van der Waals surface area (Å²) >= 11 is 0. The number of halogens is 3. The van der Waals surface area contributed by atoms with Crippen LogP contribution in [0.1, 0.15) is 19.4 Å². The maximum absolute atomic E-state index is 12.6. The summed E-state index contributed by atoms with van der Waals surface area (Å²) in [6.07, 6.45) is -5.81. The zero-order valence-corrected chi connectivity index (χ0v) is 13.2. The number of ether oxygens (including phenoxy) is 3. The van der Waals surface area contributed by atoms with Gasteiger partial charge < -0.3 is 14.2 Å². The zero-order chi connectivity index (χ0) is 18.3. The van der Waals surface area contributed by atoms with Gasteiger partial charge in [0.25, 0.3) is 0 Å². The molecule has 1 aromatic carbocycles. The number of hydrogen-bond donors (Lipinski definition) is 0. The predicted molar refractivity (Wildman–Crippen MR) is 78.3 cm³/mol. The monoisotopic (exact) mass is 346 g/mol. The quantitative estimate of drug-likeness (QED) is 0.561. The van der Waals surface area contributed by atoms with Crippen molar-refractivity contribution in [2.45, 2.75) is 26.1 Å². The van der Waals surface area contributed by atoms with E-state index in [4.69, 9.17) is 14.2 Å². The van der Waals surface area contributed by atoms with Crippen LogP contribution in [-0.4, -0.2) is 31.3 Å². The van der Waals surface area contributed by atoms with Gasteiger partial charge >= 0.3 is 18.1 Å². The Morgan fingerprint density at radius 2 is 1.96 bits per heavy atom. The van der Waals surface area contributed by atoms with Crippen LogP contribution in [0.25, 0.3) is 0 Å². The number of carbonyl (C=O) groups is 2. The van der Waals surface area contributed by atoms with Gasteiger partial charge in [-0.2, -0.15) is 13.2 Å². The molecule has 0 spiro atoms. The van der Waals surface area contributed by atoms with Gasteiger partial charge in [0.05, 0.1) is 12.2 Å². The Morgan fingerprint density at radius 3 is 2.50 bits per heavy atom. The van der Waals surface area contributed by atoms with Crippen LogP contribution in [0.15, 0.2) is 36.4 Å². The lowest BCUT2D eigenvalue weighted by molar-refractivity contribution is -0.166. The van der Waals surface area contributed by atoms with Gasteiger partial charge in [-0.05, 0) is 37.6 Å². The fraction of sp³-hybridized carbons (Fsp3) is 0.375. The molecule has 1 unspecified atom stereocenters. The Balaban J connectivity index is 2.65. The number of carbonyl (C=O) groups excluding carboxylic acids is 2. The van der Waals surface area contributed by atoms with Crippen LogP contribution in [0, 0.1) is 0 Å². The summed E-state index contributed by atoms with van der Waals surface area (Å²) in [7, 11) is 0. The molecule has 0 N–H and O–H groups in total. The van der Waals surface area contributed by atoms with Crippen LogP contribution < -0.4 is 4.74 Å². The molecule has 0 fully saturated rings. The highest BCUT2D eigenvalue weighted by Crippen LogP contribution is 2.31. The van der Waals surface area contributed by atoms with Gasteiger partial charge in [0.1, 0.15) is 5.75 Å². The van der Waals surface area contributed by atoms with Crippen LogP contribution >= 0.6 is 0 Å². The molecule has 0 heterocycles. The van der Waals surface area contributed by atoms with Crippen LogP contribution in [-0.2, 0) is 25.2 Å². The average Bonchev–Trinajstić information content (AvgIpc) is 2.50. The SMILES string of the molecule is C=C(C)C(OC(=O)COc1cccc(C(F)(F)F)c1)C(=O)OCC. The molecule has 1 rings (SSSR count). The Kier molecular flexibility index (Phi) is 6.82. The fourth-order valence-corrected chi connectivity index (χ4v) is 1.64. The molecule has 5 nitrogen and oxygen atoms in total. The number of benzene rings is 1. The Labute approximate surface area is 137 Å². The number of esters is 2. The normalized spacial score (nSPS) is 12.2. The van der Waals surface area contributed by atoms with Crippen LogP contribution in [0.2, 0.25) is 0 Å². The van der Waals surface area contributed by atoms with Crippen molar-refractivity contribution in [2.24, 2.45) is 0 Å². The minimum atomic E-state index is -4.52. The Morgan fingerprint density at radius 1 is 1.29 bits per heavy atom. The molecular formula is C16H17F3O5. The second kappa shape index (κ2) is 8.37. The van der Waals surface area contributed by atoms with E-state index >= 15 is 0 Å². The molecule has 0 aliphatic rings. The summed E-state index contributed by atoms with van der Waals surface area (Å²) in [6.45, 7) is 6.02. The summed E-state index contributed by atoms with van der Waals surface area (Å²) in [6, 6.07) is 4.06. The lowest BCUT2D eigenvalue weighted by Gasteiger charge is -2.16. The van der Waals surface area contributed by atoms with Gasteiger partial charge in [-0.25, -0.2) is 9.59 Å². The highest BCUT2D eigenvalue weighted by atomic mass is 19.4. The lowest BCUT2D eigenvalue weighted by Crippen LogP contribution is -2.32. The lowest BCUT2D eigenvalue weighted by atomic mass is 10.2. The molecule has 0 aliphatic carbocycles. The Bertz CT molecular complexity index is 610. The standard InChI is InChI=1S/C16H17F3O5/c1-4-22-15(21)14(10(2)3)24-13(20)9-23-12-7-5-6-11(8-12)16(17,18)19/h5-8,14H,2,4,9H2,1,3H3. The second-order valence-electron chi connectivity index (χ2n) is 4.78. The van der Waals surface area contributed by atoms with Crippen LogP contribution in [0.5, 0.6) is 5.75 Å². The van der Waals surface area contributed by atoms with Gasteiger partial charge in [-0.3, -0.25) is 0 Å². The topological polar surface area (TPSA) is 61.8 Å². The van der Waals surface area contributed by atoms with E-state index in [1.165, 1.54) is 13.0 Å². The average molecular weight is 346 g/mol.